The predicted molar refractivity (Wildman–Crippen MR) is 111 cm³/mol. The molecular formula is C22H25N5O2. The van der Waals surface area contributed by atoms with Gasteiger partial charge in [0.15, 0.2) is 5.82 Å². The van der Waals surface area contributed by atoms with Crippen molar-refractivity contribution < 1.29 is 9.53 Å². The fourth-order valence-electron chi connectivity index (χ4n) is 3.84. The van der Waals surface area contributed by atoms with E-state index in [0.717, 1.165) is 35.8 Å². The first-order valence-corrected chi connectivity index (χ1v) is 9.67. The largest absolute Gasteiger partial charge is 0.497 e. The van der Waals surface area contributed by atoms with Crippen LogP contribution < -0.4 is 10.1 Å². The third-order valence-electron chi connectivity index (χ3n) is 5.38. The minimum absolute atomic E-state index is 0.0486. The average molecular weight is 391 g/mol. The van der Waals surface area contributed by atoms with E-state index in [1.54, 1.807) is 13.2 Å². The summed E-state index contributed by atoms with van der Waals surface area (Å²) in [6.07, 6.45) is 0. The number of aromatic nitrogens is 3. The van der Waals surface area contributed by atoms with E-state index in [2.05, 4.69) is 20.4 Å². The molecule has 4 rings (SSSR count). The number of aromatic amines is 1. The van der Waals surface area contributed by atoms with Crippen LogP contribution in [0.15, 0.2) is 48.5 Å². The first-order chi connectivity index (χ1) is 14.0. The zero-order chi connectivity index (χ0) is 20.4. The summed E-state index contributed by atoms with van der Waals surface area (Å²) in [4.78, 5) is 19.8. The molecule has 1 aliphatic heterocycles. The Morgan fingerprint density at radius 3 is 2.72 bits per heavy atom. The Kier molecular flexibility index (Phi) is 5.31. The van der Waals surface area contributed by atoms with Crippen molar-refractivity contribution in [3.63, 3.8) is 0 Å². The van der Waals surface area contributed by atoms with Gasteiger partial charge in [0.25, 0.3) is 5.91 Å². The molecule has 0 radical (unpaired) electrons. The molecule has 0 spiro atoms. The number of rotatable bonds is 5. The first-order valence-electron chi connectivity index (χ1n) is 9.67. The van der Waals surface area contributed by atoms with Crippen LogP contribution >= 0.6 is 0 Å². The number of likely N-dealkylation sites (tertiary alicyclic amines) is 1. The summed E-state index contributed by atoms with van der Waals surface area (Å²) in [5, 5.41) is 10.7. The summed E-state index contributed by atoms with van der Waals surface area (Å²) < 4.78 is 5.23. The van der Waals surface area contributed by atoms with Gasteiger partial charge in [0.1, 0.15) is 11.6 Å². The highest BCUT2D eigenvalue weighted by atomic mass is 16.5. The molecule has 1 saturated heterocycles. The van der Waals surface area contributed by atoms with Crippen LogP contribution in [0.25, 0.3) is 11.4 Å². The minimum Gasteiger partial charge on any atom is -0.497 e. The Bertz CT molecular complexity index is 1000. The summed E-state index contributed by atoms with van der Waals surface area (Å²) in [5.74, 6) is 2.18. The smallest absolute Gasteiger partial charge is 0.251 e. The Morgan fingerprint density at radius 1 is 1.21 bits per heavy atom. The van der Waals surface area contributed by atoms with Crippen molar-refractivity contribution in [3.8, 4) is 17.1 Å². The molecule has 7 heteroatoms. The molecule has 7 nitrogen and oxygen atoms in total. The number of ether oxygens (including phenoxy) is 1. The molecule has 0 aliphatic carbocycles. The molecule has 0 saturated carbocycles. The van der Waals surface area contributed by atoms with Crippen molar-refractivity contribution in [2.24, 2.45) is 0 Å². The molecule has 0 bridgehead atoms. The van der Waals surface area contributed by atoms with Gasteiger partial charge in [-0.2, -0.15) is 5.10 Å². The number of aryl methyl sites for hydroxylation is 1. The van der Waals surface area contributed by atoms with Crippen molar-refractivity contribution in [1.82, 2.24) is 25.4 Å². The summed E-state index contributed by atoms with van der Waals surface area (Å²) in [6, 6.07) is 15.3. The van der Waals surface area contributed by atoms with Crippen LogP contribution in [0, 0.1) is 6.92 Å². The van der Waals surface area contributed by atoms with E-state index >= 15 is 0 Å². The molecule has 1 amide bonds. The maximum Gasteiger partial charge on any atom is 0.251 e. The molecule has 2 atom stereocenters. The summed E-state index contributed by atoms with van der Waals surface area (Å²) in [6.45, 7) is 3.47. The van der Waals surface area contributed by atoms with Gasteiger partial charge in [0, 0.05) is 24.2 Å². The third kappa shape index (κ3) is 4.00. The maximum absolute atomic E-state index is 12.9. The Hall–Kier alpha value is -3.19. The molecule has 1 aromatic heterocycles. The van der Waals surface area contributed by atoms with Gasteiger partial charge in [-0.1, -0.05) is 30.3 Å². The van der Waals surface area contributed by atoms with Gasteiger partial charge < -0.3 is 15.0 Å². The van der Waals surface area contributed by atoms with Gasteiger partial charge in [0.2, 0.25) is 0 Å². The first kappa shape index (κ1) is 19.1. The maximum atomic E-state index is 12.9. The van der Waals surface area contributed by atoms with E-state index < -0.39 is 0 Å². The van der Waals surface area contributed by atoms with E-state index in [-0.39, 0.29) is 17.9 Å². The zero-order valence-electron chi connectivity index (χ0n) is 16.8. The number of likely N-dealkylation sites (N-methyl/N-ethyl adjacent to an activating group) is 1. The normalized spacial score (nSPS) is 19.3. The van der Waals surface area contributed by atoms with Crippen LogP contribution in [0.2, 0.25) is 0 Å². The van der Waals surface area contributed by atoms with Gasteiger partial charge in [-0.15, -0.1) is 0 Å². The standard InChI is InChI=1S/C22H25N5O2/c1-14-11-16(29-3)9-10-17(14)22(28)23-19-13-27(2)12-18(19)21-24-20(25-26-21)15-7-5-4-6-8-15/h4-11,18-19H,12-13H2,1-3H3,(H,23,28)(H,24,25,26)/t18-,19-/m1/s1. The van der Waals surface area contributed by atoms with E-state index in [4.69, 9.17) is 9.72 Å². The van der Waals surface area contributed by atoms with Crippen molar-refractivity contribution in [1.29, 1.82) is 0 Å². The fraction of sp³-hybridized carbons (Fsp3) is 0.318. The molecule has 1 aliphatic rings. The SMILES string of the molecule is COc1ccc(C(=O)N[C@@H]2CN(C)C[C@H]2c2nc(-c3ccccc3)n[nH]2)c(C)c1. The van der Waals surface area contributed by atoms with E-state index in [9.17, 15) is 4.79 Å². The third-order valence-corrected chi connectivity index (χ3v) is 5.38. The quantitative estimate of drug-likeness (QED) is 0.699. The number of H-pyrrole nitrogens is 1. The highest BCUT2D eigenvalue weighted by Crippen LogP contribution is 2.27. The van der Waals surface area contributed by atoms with Crippen LogP contribution in [0.4, 0.5) is 0 Å². The highest BCUT2D eigenvalue weighted by molar-refractivity contribution is 5.96. The monoisotopic (exact) mass is 391 g/mol. The lowest BCUT2D eigenvalue weighted by molar-refractivity contribution is 0.0934. The van der Waals surface area contributed by atoms with Gasteiger partial charge >= 0.3 is 0 Å². The number of methoxy groups -OCH3 is 1. The number of hydrogen-bond acceptors (Lipinski definition) is 5. The van der Waals surface area contributed by atoms with Gasteiger partial charge in [0.05, 0.1) is 19.1 Å². The molecule has 2 N–H and O–H groups in total. The molecular weight excluding hydrogens is 366 g/mol. The molecule has 150 valence electrons. The molecule has 2 heterocycles. The Labute approximate surface area is 170 Å². The van der Waals surface area contributed by atoms with Crippen LogP contribution in [-0.2, 0) is 0 Å². The van der Waals surface area contributed by atoms with E-state index in [0.29, 0.717) is 11.4 Å². The van der Waals surface area contributed by atoms with Crippen molar-refractivity contribution in [2.75, 3.05) is 27.2 Å². The van der Waals surface area contributed by atoms with Crippen LogP contribution in [-0.4, -0.2) is 59.3 Å². The van der Waals surface area contributed by atoms with Crippen molar-refractivity contribution >= 4 is 5.91 Å². The number of benzene rings is 2. The Balaban J connectivity index is 1.53. The van der Waals surface area contributed by atoms with Gasteiger partial charge in [-0.25, -0.2) is 4.98 Å². The highest BCUT2D eigenvalue weighted by Gasteiger charge is 2.35. The average Bonchev–Trinajstić information content (AvgIpc) is 3.35. The van der Waals surface area contributed by atoms with E-state index in [1.165, 1.54) is 0 Å². The topological polar surface area (TPSA) is 83.1 Å². The van der Waals surface area contributed by atoms with Crippen LogP contribution in [0.5, 0.6) is 5.75 Å². The molecule has 1 fully saturated rings. The van der Waals surface area contributed by atoms with Crippen molar-refractivity contribution in [2.45, 2.75) is 18.9 Å². The Morgan fingerprint density at radius 2 is 2.00 bits per heavy atom. The molecule has 0 unspecified atom stereocenters. The summed E-state index contributed by atoms with van der Waals surface area (Å²) in [7, 11) is 3.67. The second-order valence-electron chi connectivity index (χ2n) is 7.50. The van der Waals surface area contributed by atoms with E-state index in [1.807, 2.05) is 56.4 Å². The number of hydrogen-bond donors (Lipinski definition) is 2. The van der Waals surface area contributed by atoms with Gasteiger partial charge in [-0.05, 0) is 37.7 Å². The predicted octanol–water partition coefficient (Wildman–Crippen LogP) is 2.62. The van der Waals surface area contributed by atoms with Crippen molar-refractivity contribution in [3.05, 3.63) is 65.5 Å². The second-order valence-corrected chi connectivity index (χ2v) is 7.50. The number of carbonyl (C=O) groups excluding carboxylic acids is 1. The molecule has 3 aromatic rings. The number of nitrogens with one attached hydrogen (secondary N) is 2. The van der Waals surface area contributed by atoms with Crippen LogP contribution in [0.1, 0.15) is 27.7 Å². The lowest BCUT2D eigenvalue weighted by atomic mass is 10.0. The second kappa shape index (κ2) is 8.05. The molecule has 2 aromatic carbocycles. The summed E-state index contributed by atoms with van der Waals surface area (Å²) >= 11 is 0. The minimum atomic E-state index is -0.0850. The fourth-order valence-corrected chi connectivity index (χ4v) is 3.84. The zero-order valence-corrected chi connectivity index (χ0v) is 16.8. The summed E-state index contributed by atoms with van der Waals surface area (Å²) in [5.41, 5.74) is 2.51. The lowest BCUT2D eigenvalue weighted by Crippen LogP contribution is -2.40. The lowest BCUT2D eigenvalue weighted by Gasteiger charge is -2.19. The van der Waals surface area contributed by atoms with Gasteiger partial charge in [-0.3, -0.25) is 9.89 Å². The number of carbonyl (C=O) groups is 1. The number of nitrogens with zero attached hydrogens (tertiary/aromatic N) is 3. The molecule has 29 heavy (non-hydrogen) atoms. The number of amides is 1. The van der Waals surface area contributed by atoms with Crippen LogP contribution in [0.3, 0.4) is 0 Å².